The molecule has 0 N–H and O–H groups in total. The van der Waals surface area contributed by atoms with Gasteiger partial charge in [-0.2, -0.15) is 0 Å². The molecule has 124 valence electrons. The summed E-state index contributed by atoms with van der Waals surface area (Å²) in [7, 11) is 0. The van der Waals surface area contributed by atoms with Crippen LogP contribution in [0.2, 0.25) is 0 Å². The van der Waals surface area contributed by atoms with Gasteiger partial charge in [0.1, 0.15) is 0 Å². The third-order valence-electron chi connectivity index (χ3n) is 3.59. The molecule has 0 saturated carbocycles. The lowest BCUT2D eigenvalue weighted by Gasteiger charge is -2.35. The maximum atomic E-state index is 2.45. The van der Waals surface area contributed by atoms with Crippen molar-refractivity contribution < 1.29 is 0 Å². The molecule has 0 fully saturated rings. The van der Waals surface area contributed by atoms with Gasteiger partial charge in [-0.25, -0.2) is 0 Å². The first-order chi connectivity index (χ1) is 8.91. The maximum absolute atomic E-state index is 2.45. The van der Waals surface area contributed by atoms with Crippen molar-refractivity contribution in [2.45, 2.75) is 102 Å². The fourth-order valence-electron chi connectivity index (χ4n) is 4.12. The molecule has 0 rings (SSSR count). The topological polar surface area (TPSA) is 0 Å². The average molecular weight is 285 g/mol. The van der Waals surface area contributed by atoms with Crippen molar-refractivity contribution >= 4 is 0 Å². The van der Waals surface area contributed by atoms with Gasteiger partial charge >= 0.3 is 0 Å². The zero-order valence-electron chi connectivity index (χ0n) is 16.6. The smallest absolute Gasteiger partial charge is 0.0347 e. The van der Waals surface area contributed by atoms with Crippen LogP contribution in [0.1, 0.15) is 102 Å². The summed E-state index contributed by atoms with van der Waals surface area (Å²) in [5.74, 6) is 2.58. The maximum Gasteiger partial charge on any atom is -0.0347 e. The Labute approximate surface area is 131 Å². The summed E-state index contributed by atoms with van der Waals surface area (Å²) in [6.45, 7) is 25.5. The van der Waals surface area contributed by atoms with Crippen LogP contribution in [-0.2, 0) is 0 Å². The fraction of sp³-hybridized carbons (Fsp3) is 1.00. The molecule has 0 saturated heterocycles. The average Bonchev–Trinajstić information content (AvgIpc) is 2.12. The van der Waals surface area contributed by atoms with E-state index in [9.17, 15) is 0 Å². The van der Waals surface area contributed by atoms with Crippen molar-refractivity contribution in [3.63, 3.8) is 0 Å². The van der Waals surface area contributed by atoms with Gasteiger partial charge in [-0.3, -0.25) is 0 Å². The second-order valence-corrected chi connectivity index (χ2v) is 9.18. The Hall–Kier alpha value is 0. The van der Waals surface area contributed by atoms with Crippen LogP contribution in [0, 0.1) is 28.6 Å². The Morgan fingerprint density at radius 1 is 0.700 bits per heavy atom. The van der Waals surface area contributed by atoms with Gasteiger partial charge in [0.15, 0.2) is 0 Å². The van der Waals surface area contributed by atoms with Crippen LogP contribution >= 0.6 is 0 Å². The van der Waals surface area contributed by atoms with Crippen molar-refractivity contribution in [1.82, 2.24) is 0 Å². The van der Waals surface area contributed by atoms with E-state index in [0.717, 1.165) is 17.8 Å². The zero-order chi connectivity index (χ0) is 16.6. The summed E-state index contributed by atoms with van der Waals surface area (Å²) in [5.41, 5.74) is 0.933. The van der Waals surface area contributed by atoms with Crippen LogP contribution in [0.3, 0.4) is 0 Å². The second kappa shape index (κ2) is 9.85. The second-order valence-electron chi connectivity index (χ2n) is 9.18. The molecule has 0 aliphatic rings. The summed E-state index contributed by atoms with van der Waals surface area (Å²) in [4.78, 5) is 0. The molecule has 0 aromatic heterocycles. The van der Waals surface area contributed by atoms with Gasteiger partial charge in [0.2, 0.25) is 0 Å². The summed E-state index contributed by atoms with van der Waals surface area (Å²) in [5, 5.41) is 0. The van der Waals surface area contributed by atoms with Crippen LogP contribution in [0.4, 0.5) is 0 Å². The molecule has 0 heteroatoms. The molecule has 0 bridgehead atoms. The third kappa shape index (κ3) is 14.4. The molecule has 0 heterocycles. The molecule has 2 unspecified atom stereocenters. The van der Waals surface area contributed by atoms with E-state index in [2.05, 4.69) is 62.3 Å². The first-order valence-corrected chi connectivity index (χ1v) is 8.91. The van der Waals surface area contributed by atoms with Gasteiger partial charge < -0.3 is 0 Å². The highest BCUT2D eigenvalue weighted by molar-refractivity contribution is 4.78. The summed E-state index contributed by atoms with van der Waals surface area (Å²) in [6, 6.07) is 0. The highest BCUT2D eigenvalue weighted by Gasteiger charge is 2.27. The molecule has 0 aliphatic heterocycles. The molecule has 20 heavy (non-hydrogen) atoms. The van der Waals surface area contributed by atoms with Crippen LogP contribution in [0.25, 0.3) is 0 Å². The standard InChI is InChI=1S/C18H38.C2H6/c1-14(2)10-15(3)11-16(4)12-18(8,9)13-17(5,6)7;1-2/h14-16H,10-13H2,1-9H3;1-2H3. The van der Waals surface area contributed by atoms with Crippen LogP contribution in [0.15, 0.2) is 0 Å². The van der Waals surface area contributed by atoms with E-state index in [1.54, 1.807) is 0 Å². The van der Waals surface area contributed by atoms with Crippen LogP contribution < -0.4 is 0 Å². The lowest BCUT2D eigenvalue weighted by Crippen LogP contribution is -2.23. The largest absolute Gasteiger partial charge is 0.0683 e. The Balaban J connectivity index is 0. The van der Waals surface area contributed by atoms with E-state index in [1.807, 2.05) is 13.8 Å². The minimum Gasteiger partial charge on any atom is -0.0683 e. The minimum absolute atomic E-state index is 0.451. The van der Waals surface area contributed by atoms with E-state index in [-0.39, 0.29) is 0 Å². The van der Waals surface area contributed by atoms with Crippen LogP contribution in [0.5, 0.6) is 0 Å². The molecular weight excluding hydrogens is 240 g/mol. The lowest BCUT2D eigenvalue weighted by molar-refractivity contribution is 0.164. The zero-order valence-corrected chi connectivity index (χ0v) is 16.6. The molecule has 0 radical (unpaired) electrons. The van der Waals surface area contributed by atoms with E-state index in [0.29, 0.717) is 10.8 Å². The molecule has 0 nitrogen and oxygen atoms in total. The summed E-state index contributed by atoms with van der Waals surface area (Å²) >= 11 is 0. The number of rotatable bonds is 7. The first kappa shape index (κ1) is 22.3. The van der Waals surface area contributed by atoms with Crippen molar-refractivity contribution in [3.05, 3.63) is 0 Å². The Kier molecular flexibility index (Phi) is 11.0. The summed E-state index contributed by atoms with van der Waals surface area (Å²) in [6.07, 6.45) is 5.46. The van der Waals surface area contributed by atoms with Gasteiger partial charge in [0, 0.05) is 0 Å². The normalized spacial score (nSPS) is 15.6. The fourth-order valence-corrected chi connectivity index (χ4v) is 4.12. The van der Waals surface area contributed by atoms with E-state index >= 15 is 0 Å². The first-order valence-electron chi connectivity index (χ1n) is 8.91. The molecule has 0 aromatic rings. The number of hydrogen-bond donors (Lipinski definition) is 0. The van der Waals surface area contributed by atoms with Crippen LogP contribution in [-0.4, -0.2) is 0 Å². The van der Waals surface area contributed by atoms with Crippen molar-refractivity contribution in [2.75, 3.05) is 0 Å². The number of hydrogen-bond acceptors (Lipinski definition) is 0. The molecule has 0 aromatic carbocycles. The van der Waals surface area contributed by atoms with Gasteiger partial charge in [-0.05, 0) is 54.3 Å². The predicted octanol–water partition coefficient (Wildman–Crippen LogP) is 7.57. The van der Waals surface area contributed by atoms with Gasteiger partial charge in [0.05, 0.1) is 0 Å². The van der Waals surface area contributed by atoms with Crippen molar-refractivity contribution in [2.24, 2.45) is 28.6 Å². The Bertz CT molecular complexity index is 217. The molecule has 0 spiro atoms. The summed E-state index contributed by atoms with van der Waals surface area (Å²) < 4.78 is 0. The highest BCUT2D eigenvalue weighted by Crippen LogP contribution is 2.39. The Morgan fingerprint density at radius 2 is 1.15 bits per heavy atom. The van der Waals surface area contributed by atoms with Gasteiger partial charge in [-0.1, -0.05) is 76.2 Å². The van der Waals surface area contributed by atoms with E-state index in [4.69, 9.17) is 0 Å². The molecule has 0 amide bonds. The lowest BCUT2D eigenvalue weighted by atomic mass is 9.71. The highest BCUT2D eigenvalue weighted by atomic mass is 14.3. The Morgan fingerprint density at radius 3 is 1.50 bits per heavy atom. The van der Waals surface area contributed by atoms with Gasteiger partial charge in [0.25, 0.3) is 0 Å². The minimum atomic E-state index is 0.451. The third-order valence-corrected chi connectivity index (χ3v) is 3.59. The van der Waals surface area contributed by atoms with E-state index < -0.39 is 0 Å². The monoisotopic (exact) mass is 284 g/mol. The molecular formula is C20H44. The van der Waals surface area contributed by atoms with Gasteiger partial charge in [-0.15, -0.1) is 0 Å². The van der Waals surface area contributed by atoms with Crippen molar-refractivity contribution in [3.8, 4) is 0 Å². The SMILES string of the molecule is CC.CC(C)CC(C)CC(C)CC(C)(C)CC(C)(C)C. The van der Waals surface area contributed by atoms with E-state index in [1.165, 1.54) is 25.7 Å². The molecule has 0 aliphatic carbocycles. The van der Waals surface area contributed by atoms with Crippen molar-refractivity contribution in [1.29, 1.82) is 0 Å². The predicted molar refractivity (Wildman–Crippen MR) is 96.2 cm³/mol. The quantitative estimate of drug-likeness (QED) is 0.452. The molecule has 2 atom stereocenters.